The summed E-state index contributed by atoms with van der Waals surface area (Å²) in [7, 11) is 0. The van der Waals surface area contributed by atoms with Gasteiger partial charge in [0.05, 0.1) is 23.6 Å². The zero-order chi connectivity index (χ0) is 19.2. The molecular formula is C20H23N5O2. The number of amides is 1. The van der Waals surface area contributed by atoms with Gasteiger partial charge in [0, 0.05) is 11.6 Å². The lowest BCUT2D eigenvalue weighted by atomic mass is 9.74. The standard InChI is InChI=1S/C20H23N5O2/c1-12-6-4-5-7-16(12)25-17-10-20(2,3)9-15(13(17)11-21-25)22-19(27)14-8-18(26)24-23-14/h4-8,11,15H,9-10H2,1-3H3,(H,22,27)(H2,23,24,26)/t15-/m1/s1. The third kappa shape index (κ3) is 3.20. The Morgan fingerprint density at radius 2 is 2.07 bits per heavy atom. The first-order valence-electron chi connectivity index (χ1n) is 9.05. The summed E-state index contributed by atoms with van der Waals surface area (Å²) in [6.07, 6.45) is 3.53. The Morgan fingerprint density at radius 1 is 1.30 bits per heavy atom. The van der Waals surface area contributed by atoms with Gasteiger partial charge in [0.15, 0.2) is 0 Å². The highest BCUT2D eigenvalue weighted by Crippen LogP contribution is 2.41. The van der Waals surface area contributed by atoms with Gasteiger partial charge in [0.1, 0.15) is 5.69 Å². The molecule has 27 heavy (non-hydrogen) atoms. The number of nitrogens with one attached hydrogen (secondary N) is 3. The normalized spacial score (nSPS) is 18.1. The minimum absolute atomic E-state index is 0.0109. The number of nitrogens with zero attached hydrogens (tertiary/aromatic N) is 2. The van der Waals surface area contributed by atoms with Gasteiger partial charge in [-0.1, -0.05) is 32.0 Å². The highest BCUT2D eigenvalue weighted by Gasteiger charge is 2.36. The summed E-state index contributed by atoms with van der Waals surface area (Å²) >= 11 is 0. The molecule has 2 aromatic heterocycles. The van der Waals surface area contributed by atoms with E-state index in [1.807, 2.05) is 23.0 Å². The van der Waals surface area contributed by atoms with Crippen LogP contribution < -0.4 is 10.9 Å². The number of fused-ring (bicyclic) bond motifs is 1. The second kappa shape index (κ2) is 6.26. The third-order valence-corrected chi connectivity index (χ3v) is 5.17. The molecule has 0 fully saturated rings. The quantitative estimate of drug-likeness (QED) is 0.666. The van der Waals surface area contributed by atoms with E-state index in [2.05, 4.69) is 53.5 Å². The van der Waals surface area contributed by atoms with Crippen LogP contribution in [-0.2, 0) is 6.42 Å². The SMILES string of the molecule is Cc1ccccc1-n1ncc2c1CC(C)(C)C[C@H]2NC(=O)c1cc(=O)[nH][nH]1. The minimum atomic E-state index is -0.322. The number of aryl methyl sites for hydroxylation is 1. The van der Waals surface area contributed by atoms with Gasteiger partial charge in [-0.05, 0) is 36.8 Å². The Kier molecular flexibility index (Phi) is 4.02. The summed E-state index contributed by atoms with van der Waals surface area (Å²) in [6.45, 7) is 6.46. The molecule has 0 aliphatic heterocycles. The van der Waals surface area contributed by atoms with Crippen molar-refractivity contribution in [3.8, 4) is 5.69 Å². The van der Waals surface area contributed by atoms with Crippen molar-refractivity contribution in [1.82, 2.24) is 25.3 Å². The molecule has 0 radical (unpaired) electrons. The minimum Gasteiger partial charge on any atom is -0.344 e. The van der Waals surface area contributed by atoms with Gasteiger partial charge < -0.3 is 5.32 Å². The molecular weight excluding hydrogens is 342 g/mol. The summed E-state index contributed by atoms with van der Waals surface area (Å²) in [5.74, 6) is -0.300. The van der Waals surface area contributed by atoms with E-state index < -0.39 is 0 Å². The largest absolute Gasteiger partial charge is 0.344 e. The molecule has 7 heteroatoms. The molecule has 1 amide bonds. The summed E-state index contributed by atoms with van der Waals surface area (Å²) in [4.78, 5) is 23.8. The van der Waals surface area contributed by atoms with Crippen LogP contribution in [0.2, 0.25) is 0 Å². The predicted molar refractivity (Wildman–Crippen MR) is 102 cm³/mol. The molecule has 1 aliphatic rings. The fourth-order valence-electron chi connectivity index (χ4n) is 3.87. The van der Waals surface area contributed by atoms with Gasteiger partial charge in [-0.2, -0.15) is 5.10 Å². The number of carbonyl (C=O) groups excluding carboxylic acids is 1. The molecule has 7 nitrogen and oxygen atoms in total. The first-order valence-corrected chi connectivity index (χ1v) is 9.05. The number of H-pyrrole nitrogens is 2. The molecule has 0 saturated heterocycles. The molecule has 0 unspecified atom stereocenters. The Morgan fingerprint density at radius 3 is 2.78 bits per heavy atom. The van der Waals surface area contributed by atoms with Crippen molar-refractivity contribution in [3.05, 3.63) is 69.4 Å². The molecule has 0 spiro atoms. The summed E-state index contributed by atoms with van der Waals surface area (Å²) < 4.78 is 1.99. The Balaban J connectivity index is 1.71. The van der Waals surface area contributed by atoms with Crippen molar-refractivity contribution < 1.29 is 4.79 Å². The maximum Gasteiger partial charge on any atom is 0.269 e. The zero-order valence-corrected chi connectivity index (χ0v) is 15.7. The van der Waals surface area contributed by atoms with Crippen LogP contribution in [0.25, 0.3) is 5.69 Å². The number of hydrogen-bond acceptors (Lipinski definition) is 3. The van der Waals surface area contributed by atoms with Crippen molar-refractivity contribution in [2.24, 2.45) is 5.41 Å². The van der Waals surface area contributed by atoms with E-state index in [4.69, 9.17) is 0 Å². The monoisotopic (exact) mass is 365 g/mol. The van der Waals surface area contributed by atoms with E-state index in [1.54, 1.807) is 0 Å². The lowest BCUT2D eigenvalue weighted by Gasteiger charge is -2.36. The van der Waals surface area contributed by atoms with Crippen LogP contribution in [0.4, 0.5) is 0 Å². The van der Waals surface area contributed by atoms with Gasteiger partial charge in [-0.25, -0.2) is 4.68 Å². The third-order valence-electron chi connectivity index (χ3n) is 5.17. The molecule has 4 rings (SSSR count). The van der Waals surface area contributed by atoms with Gasteiger partial charge in [0.25, 0.3) is 11.5 Å². The number of rotatable bonds is 3. The number of aromatic nitrogens is 4. The lowest BCUT2D eigenvalue weighted by Crippen LogP contribution is -2.37. The first-order chi connectivity index (χ1) is 12.8. The van der Waals surface area contributed by atoms with Crippen LogP contribution in [-0.4, -0.2) is 25.9 Å². The molecule has 3 N–H and O–H groups in total. The highest BCUT2D eigenvalue weighted by molar-refractivity contribution is 5.92. The second-order valence-electron chi connectivity index (χ2n) is 7.99. The highest BCUT2D eigenvalue weighted by atomic mass is 16.2. The van der Waals surface area contributed by atoms with Crippen LogP contribution in [0.1, 0.15) is 53.6 Å². The average molecular weight is 365 g/mol. The Labute approximate surface area is 156 Å². The second-order valence-corrected chi connectivity index (χ2v) is 7.99. The van der Waals surface area contributed by atoms with E-state index in [1.165, 1.54) is 6.07 Å². The van der Waals surface area contributed by atoms with E-state index in [0.717, 1.165) is 35.3 Å². The molecule has 140 valence electrons. The Hall–Kier alpha value is -3.09. The number of benzene rings is 1. The predicted octanol–water partition coefficient (Wildman–Crippen LogP) is 2.64. The summed E-state index contributed by atoms with van der Waals surface area (Å²) in [5, 5.41) is 12.7. The van der Waals surface area contributed by atoms with E-state index >= 15 is 0 Å². The topological polar surface area (TPSA) is 95.6 Å². The van der Waals surface area contributed by atoms with Crippen molar-refractivity contribution in [3.63, 3.8) is 0 Å². The molecule has 1 aliphatic carbocycles. The number of hydrogen-bond donors (Lipinski definition) is 3. The van der Waals surface area contributed by atoms with Crippen LogP contribution in [0, 0.1) is 12.3 Å². The number of para-hydroxylation sites is 1. The Bertz CT molecular complexity index is 1060. The lowest BCUT2D eigenvalue weighted by molar-refractivity contribution is 0.0914. The molecule has 1 atom stereocenters. The zero-order valence-electron chi connectivity index (χ0n) is 15.7. The van der Waals surface area contributed by atoms with E-state index in [-0.39, 0.29) is 28.6 Å². The maximum absolute atomic E-state index is 12.5. The summed E-state index contributed by atoms with van der Waals surface area (Å²) in [5.41, 5.74) is 4.27. The van der Waals surface area contributed by atoms with Crippen LogP contribution in [0.5, 0.6) is 0 Å². The van der Waals surface area contributed by atoms with Crippen LogP contribution in [0.15, 0.2) is 41.3 Å². The van der Waals surface area contributed by atoms with Crippen LogP contribution in [0.3, 0.4) is 0 Å². The number of carbonyl (C=O) groups is 1. The van der Waals surface area contributed by atoms with Gasteiger partial charge in [0.2, 0.25) is 0 Å². The van der Waals surface area contributed by atoms with Crippen molar-refractivity contribution in [1.29, 1.82) is 0 Å². The van der Waals surface area contributed by atoms with Gasteiger partial charge in [-0.15, -0.1) is 0 Å². The van der Waals surface area contributed by atoms with E-state index in [9.17, 15) is 9.59 Å². The summed E-state index contributed by atoms with van der Waals surface area (Å²) in [6, 6.07) is 9.25. The van der Waals surface area contributed by atoms with Gasteiger partial charge in [-0.3, -0.25) is 19.8 Å². The average Bonchev–Trinajstić information content (AvgIpc) is 3.21. The molecule has 0 bridgehead atoms. The molecule has 3 aromatic rings. The fraction of sp³-hybridized carbons (Fsp3) is 0.350. The van der Waals surface area contributed by atoms with Crippen molar-refractivity contribution >= 4 is 5.91 Å². The van der Waals surface area contributed by atoms with Gasteiger partial charge >= 0.3 is 0 Å². The molecule has 2 heterocycles. The maximum atomic E-state index is 12.5. The molecule has 1 aromatic carbocycles. The molecule has 0 saturated carbocycles. The van der Waals surface area contributed by atoms with Crippen LogP contribution >= 0.6 is 0 Å². The smallest absolute Gasteiger partial charge is 0.269 e. The van der Waals surface area contributed by atoms with Crippen molar-refractivity contribution in [2.45, 2.75) is 39.7 Å². The number of aromatic amines is 2. The van der Waals surface area contributed by atoms with Crippen molar-refractivity contribution in [2.75, 3.05) is 0 Å². The van der Waals surface area contributed by atoms with E-state index in [0.29, 0.717) is 0 Å². The fourth-order valence-corrected chi connectivity index (χ4v) is 3.87. The first kappa shape index (κ1) is 17.3.